The van der Waals surface area contributed by atoms with Crippen LogP contribution < -0.4 is 10.1 Å². The first-order valence-electron chi connectivity index (χ1n) is 7.11. The highest BCUT2D eigenvalue weighted by Gasteiger charge is 2.29. The maximum Gasteiger partial charge on any atom is 0.127 e. The number of rotatable bonds is 4. The second-order valence-electron chi connectivity index (χ2n) is 5.59. The maximum atomic E-state index is 10.4. The minimum absolute atomic E-state index is 0.595. The molecule has 0 saturated carbocycles. The first-order chi connectivity index (χ1) is 9.66. The molecule has 2 heterocycles. The van der Waals surface area contributed by atoms with Crippen molar-refractivity contribution in [1.29, 1.82) is 0 Å². The fraction of sp³-hybridized carbons (Fsp3) is 0.600. The number of ether oxygens (including phenoxy) is 2. The van der Waals surface area contributed by atoms with Crippen LogP contribution in [0.2, 0.25) is 0 Å². The Morgan fingerprint density at radius 2 is 2.05 bits per heavy atom. The summed E-state index contributed by atoms with van der Waals surface area (Å²) in [4.78, 5) is 0. The summed E-state index contributed by atoms with van der Waals surface area (Å²) in [6.45, 7) is 3.36. The quantitative estimate of drug-likeness (QED) is 0.879. The predicted molar refractivity (Wildman–Crippen MR) is 80.1 cm³/mol. The zero-order valence-electron chi connectivity index (χ0n) is 11.5. The van der Waals surface area contributed by atoms with Crippen molar-refractivity contribution in [3.63, 3.8) is 0 Å². The highest BCUT2D eigenvalue weighted by atomic mass is 79.9. The molecule has 2 aliphatic heterocycles. The van der Waals surface area contributed by atoms with E-state index in [9.17, 15) is 5.11 Å². The topological polar surface area (TPSA) is 50.7 Å². The lowest BCUT2D eigenvalue weighted by atomic mass is 9.94. The first kappa shape index (κ1) is 14.3. The van der Waals surface area contributed by atoms with Crippen LogP contribution in [-0.2, 0) is 17.7 Å². The lowest BCUT2D eigenvalue weighted by Gasteiger charge is -2.32. The van der Waals surface area contributed by atoms with Gasteiger partial charge in [-0.25, -0.2) is 0 Å². The van der Waals surface area contributed by atoms with Gasteiger partial charge < -0.3 is 19.9 Å². The SMILES string of the molecule is OC1(CNCc2cc(Br)cc3c2OCC3)CCOCC1. The average molecular weight is 342 g/mol. The normalized spacial score (nSPS) is 20.5. The number of nitrogens with one attached hydrogen (secondary N) is 1. The Kier molecular flexibility index (Phi) is 4.31. The molecule has 3 rings (SSSR count). The molecule has 0 amide bonds. The summed E-state index contributed by atoms with van der Waals surface area (Å²) in [7, 11) is 0. The summed E-state index contributed by atoms with van der Waals surface area (Å²) in [6.07, 6.45) is 2.38. The Balaban J connectivity index is 1.61. The van der Waals surface area contributed by atoms with E-state index < -0.39 is 5.60 Å². The fourth-order valence-corrected chi connectivity index (χ4v) is 3.39. The molecule has 4 nitrogen and oxygen atoms in total. The third-order valence-corrected chi connectivity index (χ3v) is 4.48. The molecular weight excluding hydrogens is 322 g/mol. The van der Waals surface area contributed by atoms with E-state index in [-0.39, 0.29) is 0 Å². The van der Waals surface area contributed by atoms with Gasteiger partial charge in [0.1, 0.15) is 5.75 Å². The summed E-state index contributed by atoms with van der Waals surface area (Å²) in [5.41, 5.74) is 1.79. The van der Waals surface area contributed by atoms with Crippen molar-refractivity contribution >= 4 is 15.9 Å². The van der Waals surface area contributed by atoms with Crippen LogP contribution in [0, 0.1) is 0 Å². The number of aliphatic hydroxyl groups is 1. The highest BCUT2D eigenvalue weighted by Crippen LogP contribution is 2.33. The van der Waals surface area contributed by atoms with E-state index in [1.807, 2.05) is 0 Å². The zero-order valence-corrected chi connectivity index (χ0v) is 13.0. The third kappa shape index (κ3) is 3.17. The van der Waals surface area contributed by atoms with Crippen molar-refractivity contribution < 1.29 is 14.6 Å². The number of benzene rings is 1. The van der Waals surface area contributed by atoms with Gasteiger partial charge in [-0.3, -0.25) is 0 Å². The molecule has 1 aromatic carbocycles. The summed E-state index contributed by atoms with van der Waals surface area (Å²) in [5, 5.41) is 13.8. The molecule has 0 aromatic heterocycles. The predicted octanol–water partition coefficient (Wildman–Crippen LogP) is 2.02. The number of hydrogen-bond acceptors (Lipinski definition) is 4. The molecule has 1 saturated heterocycles. The summed E-state index contributed by atoms with van der Waals surface area (Å²) in [6, 6.07) is 4.21. The van der Waals surface area contributed by atoms with Gasteiger partial charge in [0.15, 0.2) is 0 Å². The molecule has 2 aliphatic rings. The standard InChI is InChI=1S/C15H20BrNO3/c16-13-7-11-1-4-20-14(11)12(8-13)9-17-10-15(18)2-5-19-6-3-15/h7-8,17-18H,1-6,9-10H2. The van der Waals surface area contributed by atoms with Crippen molar-refractivity contribution in [2.45, 2.75) is 31.4 Å². The van der Waals surface area contributed by atoms with Gasteiger partial charge in [0.25, 0.3) is 0 Å². The van der Waals surface area contributed by atoms with E-state index in [1.54, 1.807) is 0 Å². The Hall–Kier alpha value is -0.620. The lowest BCUT2D eigenvalue weighted by Crippen LogP contribution is -2.44. The molecule has 0 unspecified atom stereocenters. The zero-order chi connectivity index (χ0) is 14.0. The van der Waals surface area contributed by atoms with Gasteiger partial charge >= 0.3 is 0 Å². The molecule has 1 fully saturated rings. The van der Waals surface area contributed by atoms with Crippen molar-refractivity contribution in [2.24, 2.45) is 0 Å². The number of hydrogen-bond donors (Lipinski definition) is 2. The maximum absolute atomic E-state index is 10.4. The Labute approximate surface area is 127 Å². The van der Waals surface area contributed by atoms with Crippen molar-refractivity contribution in [3.8, 4) is 5.75 Å². The molecule has 0 bridgehead atoms. The van der Waals surface area contributed by atoms with Gasteiger partial charge in [-0.15, -0.1) is 0 Å². The van der Waals surface area contributed by atoms with Gasteiger partial charge in [0, 0.05) is 55.6 Å². The largest absolute Gasteiger partial charge is 0.493 e. The van der Waals surface area contributed by atoms with E-state index in [0.717, 1.165) is 28.8 Å². The fourth-order valence-electron chi connectivity index (χ4n) is 2.84. The van der Waals surface area contributed by atoms with E-state index in [0.29, 0.717) is 39.1 Å². The number of halogens is 1. The minimum atomic E-state index is -0.631. The molecule has 2 N–H and O–H groups in total. The van der Waals surface area contributed by atoms with Crippen molar-refractivity contribution in [1.82, 2.24) is 5.32 Å². The smallest absolute Gasteiger partial charge is 0.127 e. The van der Waals surface area contributed by atoms with Crippen molar-refractivity contribution in [2.75, 3.05) is 26.4 Å². The molecule has 0 atom stereocenters. The first-order valence-corrected chi connectivity index (χ1v) is 7.91. The van der Waals surface area contributed by atoms with Crippen LogP contribution >= 0.6 is 15.9 Å². The van der Waals surface area contributed by atoms with Crippen molar-refractivity contribution in [3.05, 3.63) is 27.7 Å². The summed E-state index contributed by atoms with van der Waals surface area (Å²) in [5.74, 6) is 1.01. The lowest BCUT2D eigenvalue weighted by molar-refractivity contribution is -0.0617. The van der Waals surface area contributed by atoms with Crippen LogP contribution in [0.1, 0.15) is 24.0 Å². The van der Waals surface area contributed by atoms with Crippen LogP contribution in [0.15, 0.2) is 16.6 Å². The molecule has 0 radical (unpaired) electrons. The van der Waals surface area contributed by atoms with Crippen LogP contribution in [0.5, 0.6) is 5.75 Å². The Bertz CT molecular complexity index is 486. The van der Waals surface area contributed by atoms with Gasteiger partial charge in [-0.05, 0) is 17.7 Å². The third-order valence-electron chi connectivity index (χ3n) is 4.02. The highest BCUT2D eigenvalue weighted by molar-refractivity contribution is 9.10. The second kappa shape index (κ2) is 6.02. The van der Waals surface area contributed by atoms with Gasteiger partial charge in [-0.1, -0.05) is 15.9 Å². The molecular formula is C15H20BrNO3. The molecule has 110 valence electrons. The summed E-state index contributed by atoms with van der Waals surface area (Å²) >= 11 is 3.55. The molecule has 5 heteroatoms. The van der Waals surface area contributed by atoms with E-state index in [2.05, 4.69) is 33.4 Å². The summed E-state index contributed by atoms with van der Waals surface area (Å²) < 4.78 is 12.1. The van der Waals surface area contributed by atoms with Gasteiger partial charge in [0.2, 0.25) is 0 Å². The van der Waals surface area contributed by atoms with Crippen LogP contribution in [0.4, 0.5) is 0 Å². The van der Waals surface area contributed by atoms with Crippen LogP contribution in [0.25, 0.3) is 0 Å². The van der Waals surface area contributed by atoms with E-state index in [4.69, 9.17) is 9.47 Å². The molecule has 0 spiro atoms. The monoisotopic (exact) mass is 341 g/mol. The van der Waals surface area contributed by atoms with E-state index in [1.165, 1.54) is 5.56 Å². The van der Waals surface area contributed by atoms with Crippen LogP contribution in [-0.4, -0.2) is 37.1 Å². The van der Waals surface area contributed by atoms with Gasteiger partial charge in [-0.2, -0.15) is 0 Å². The molecule has 20 heavy (non-hydrogen) atoms. The molecule has 0 aliphatic carbocycles. The van der Waals surface area contributed by atoms with Crippen LogP contribution in [0.3, 0.4) is 0 Å². The average Bonchev–Trinajstić information content (AvgIpc) is 2.87. The van der Waals surface area contributed by atoms with Gasteiger partial charge in [0.05, 0.1) is 12.2 Å². The Morgan fingerprint density at radius 3 is 2.85 bits per heavy atom. The molecule has 1 aromatic rings. The number of fused-ring (bicyclic) bond motifs is 1. The Morgan fingerprint density at radius 1 is 1.25 bits per heavy atom. The second-order valence-corrected chi connectivity index (χ2v) is 6.51. The van der Waals surface area contributed by atoms with E-state index >= 15 is 0 Å². The minimum Gasteiger partial charge on any atom is -0.493 e.